The molecule has 0 aliphatic carbocycles. The summed E-state index contributed by atoms with van der Waals surface area (Å²) in [6.45, 7) is -5.04. The standard InChI is InChI=1S/C38H30O2P2S/c1-41(29-17-7-3-8-18-29,30-19-9-4-10-20-30)33-25-15-27-35-37(33)38-34(26-16-28-36(38)43(35,39)40)42(2,31-21-11-5-12-22-31)32-23-13-6-14-24-32/h3-28H,1-2H2. The van der Waals surface area contributed by atoms with Crippen molar-refractivity contribution in [2.75, 3.05) is 0 Å². The summed E-state index contributed by atoms with van der Waals surface area (Å²) >= 11 is 0. The van der Waals surface area contributed by atoms with E-state index in [0.29, 0.717) is 9.79 Å². The van der Waals surface area contributed by atoms with Crippen molar-refractivity contribution in [1.29, 1.82) is 0 Å². The molecule has 43 heavy (non-hydrogen) atoms. The first kappa shape index (κ1) is 27.7. The van der Waals surface area contributed by atoms with Crippen LogP contribution in [0, 0.1) is 0 Å². The van der Waals surface area contributed by atoms with Crippen molar-refractivity contribution >= 4 is 68.0 Å². The van der Waals surface area contributed by atoms with Gasteiger partial charge in [-0.3, -0.25) is 0 Å². The first-order chi connectivity index (χ1) is 20.9. The average molecular weight is 613 g/mol. The number of sulfone groups is 1. The summed E-state index contributed by atoms with van der Waals surface area (Å²) in [5.41, 5.74) is 1.54. The second-order valence-electron chi connectivity index (χ2n) is 10.8. The van der Waals surface area contributed by atoms with Crippen LogP contribution in [-0.2, 0) is 9.84 Å². The highest BCUT2D eigenvalue weighted by Crippen LogP contribution is 2.54. The molecule has 1 aliphatic rings. The van der Waals surface area contributed by atoms with Crippen LogP contribution in [0.5, 0.6) is 0 Å². The number of fused-ring (bicyclic) bond motifs is 3. The number of hydrogen-bond acceptors (Lipinski definition) is 2. The van der Waals surface area contributed by atoms with Gasteiger partial charge in [-0.15, -0.1) is 0 Å². The lowest BCUT2D eigenvalue weighted by Crippen LogP contribution is -2.29. The number of hydrogen-bond donors (Lipinski definition) is 0. The Labute approximate surface area is 254 Å². The van der Waals surface area contributed by atoms with Crippen molar-refractivity contribution in [3.8, 4) is 11.1 Å². The lowest BCUT2D eigenvalue weighted by molar-refractivity contribution is 0.599. The van der Waals surface area contributed by atoms with E-state index < -0.39 is 23.6 Å². The van der Waals surface area contributed by atoms with Gasteiger partial charge in [-0.05, 0) is 57.7 Å². The smallest absolute Gasteiger partial charge is 0.207 e. The molecule has 0 radical (unpaired) electrons. The van der Waals surface area contributed by atoms with Gasteiger partial charge in [0.25, 0.3) is 0 Å². The van der Waals surface area contributed by atoms with Gasteiger partial charge in [0.05, 0.1) is 9.79 Å². The normalized spacial score (nSPS) is 13.7. The molecule has 0 fully saturated rings. The Hall–Kier alpha value is -4.13. The van der Waals surface area contributed by atoms with Gasteiger partial charge in [-0.2, -0.15) is 0 Å². The molecule has 1 heterocycles. The molecule has 0 saturated carbocycles. The zero-order chi connectivity index (χ0) is 29.7. The zero-order valence-corrected chi connectivity index (χ0v) is 26.1. The highest BCUT2D eigenvalue weighted by atomic mass is 32.2. The average Bonchev–Trinajstić information content (AvgIpc) is 3.32. The molecule has 0 unspecified atom stereocenters. The van der Waals surface area contributed by atoms with Gasteiger partial charge < -0.3 is 0 Å². The second kappa shape index (κ2) is 10.5. The Balaban J connectivity index is 1.63. The summed E-state index contributed by atoms with van der Waals surface area (Å²) < 4.78 is 28.7. The van der Waals surface area contributed by atoms with E-state index in [9.17, 15) is 8.42 Å². The van der Waals surface area contributed by atoms with Crippen molar-refractivity contribution in [3.63, 3.8) is 0 Å². The SMILES string of the molecule is C=P(c1ccccc1)(c1ccccc1)c1cccc2c1-c1c(P(=C)(c3ccccc3)c3ccccc3)cccc1S2(=O)=O. The molecule has 0 aromatic heterocycles. The first-order valence-corrected chi connectivity index (χ1v) is 19.5. The molecule has 6 aromatic carbocycles. The Bertz CT molecular complexity index is 1940. The molecule has 1 aliphatic heterocycles. The van der Waals surface area contributed by atoms with E-state index in [1.54, 1.807) is 12.1 Å². The van der Waals surface area contributed by atoms with Crippen molar-refractivity contribution in [2.24, 2.45) is 0 Å². The fourth-order valence-electron chi connectivity index (χ4n) is 6.33. The molecular weight excluding hydrogens is 582 g/mol. The predicted octanol–water partition coefficient (Wildman–Crippen LogP) is 5.95. The summed E-state index contributed by atoms with van der Waals surface area (Å²) in [5, 5.41) is 6.31. The van der Waals surface area contributed by atoms with Gasteiger partial charge in [-0.25, -0.2) is 8.42 Å². The Morgan fingerprint density at radius 2 is 0.651 bits per heavy atom. The van der Waals surface area contributed by atoms with E-state index in [1.165, 1.54) is 0 Å². The third kappa shape index (κ3) is 4.19. The van der Waals surface area contributed by atoms with Crippen LogP contribution in [0.3, 0.4) is 0 Å². The molecule has 0 amide bonds. The fourth-order valence-corrected chi connectivity index (χ4v) is 14.5. The summed E-state index contributed by atoms with van der Waals surface area (Å²) in [6, 6.07) is 52.7. The maximum Gasteiger partial charge on any atom is 0.207 e. The van der Waals surface area contributed by atoms with Crippen LogP contribution < -0.4 is 31.8 Å². The minimum atomic E-state index is -3.78. The highest BCUT2D eigenvalue weighted by Gasteiger charge is 2.41. The van der Waals surface area contributed by atoms with Crippen molar-refractivity contribution < 1.29 is 8.42 Å². The molecule has 5 heteroatoms. The minimum Gasteiger partial charge on any atom is -0.218 e. The van der Waals surface area contributed by atoms with Crippen molar-refractivity contribution in [2.45, 2.75) is 9.79 Å². The lowest BCUT2D eigenvalue weighted by atomic mass is 10.1. The molecule has 0 bridgehead atoms. The van der Waals surface area contributed by atoms with Gasteiger partial charge in [0.1, 0.15) is 0 Å². The Morgan fingerprint density at radius 1 is 0.372 bits per heavy atom. The van der Waals surface area contributed by atoms with Gasteiger partial charge in [0.15, 0.2) is 0 Å². The number of rotatable bonds is 6. The fraction of sp³-hybridized carbons (Fsp3) is 0. The van der Waals surface area contributed by atoms with Crippen LogP contribution in [0.15, 0.2) is 168 Å². The summed E-state index contributed by atoms with van der Waals surface area (Å²) in [7, 11) is -3.78. The molecule has 0 N–H and O–H groups in total. The van der Waals surface area contributed by atoms with E-state index in [-0.39, 0.29) is 0 Å². The lowest BCUT2D eigenvalue weighted by Gasteiger charge is -2.31. The van der Waals surface area contributed by atoms with E-state index in [1.807, 2.05) is 84.9 Å². The largest absolute Gasteiger partial charge is 0.218 e. The first-order valence-electron chi connectivity index (χ1n) is 14.1. The topological polar surface area (TPSA) is 34.1 Å². The number of benzene rings is 6. The maximum atomic E-state index is 14.4. The van der Waals surface area contributed by atoms with Gasteiger partial charge in [0, 0.05) is 11.1 Å². The third-order valence-electron chi connectivity index (χ3n) is 8.45. The predicted molar refractivity (Wildman–Crippen MR) is 189 cm³/mol. The molecule has 0 saturated heterocycles. The van der Waals surface area contributed by atoms with Gasteiger partial charge in [-0.1, -0.05) is 158 Å². The second-order valence-corrected chi connectivity index (χ2v) is 18.9. The van der Waals surface area contributed by atoms with E-state index >= 15 is 0 Å². The monoisotopic (exact) mass is 612 g/mol. The molecule has 7 rings (SSSR count). The molecular formula is C38H30O2P2S. The van der Waals surface area contributed by atoms with Gasteiger partial charge >= 0.3 is 0 Å². The zero-order valence-electron chi connectivity index (χ0n) is 23.5. The van der Waals surface area contributed by atoms with Crippen LogP contribution in [0.25, 0.3) is 11.1 Å². The van der Waals surface area contributed by atoms with E-state index in [2.05, 4.69) is 60.7 Å². The maximum absolute atomic E-state index is 14.4. The summed E-state index contributed by atoms with van der Waals surface area (Å²) in [4.78, 5) is 0.694. The summed E-state index contributed by atoms with van der Waals surface area (Å²) in [5.74, 6) is 0. The third-order valence-corrected chi connectivity index (χ3v) is 17.4. The van der Waals surface area contributed by atoms with Crippen LogP contribution >= 0.6 is 13.8 Å². The van der Waals surface area contributed by atoms with Crippen molar-refractivity contribution in [3.05, 3.63) is 158 Å². The quantitative estimate of drug-likeness (QED) is 0.218. The Morgan fingerprint density at radius 3 is 0.930 bits per heavy atom. The minimum absolute atomic E-state index is 0.347. The van der Waals surface area contributed by atoms with Crippen molar-refractivity contribution in [1.82, 2.24) is 0 Å². The van der Waals surface area contributed by atoms with Crippen LogP contribution in [0.1, 0.15) is 0 Å². The molecule has 0 spiro atoms. The molecule has 210 valence electrons. The molecule has 0 atom stereocenters. The van der Waals surface area contributed by atoms with E-state index in [0.717, 1.165) is 43.0 Å². The molecule has 2 nitrogen and oxygen atoms in total. The summed E-state index contributed by atoms with van der Waals surface area (Å²) in [6.07, 6.45) is 9.99. The Kier molecular flexibility index (Phi) is 6.79. The van der Waals surface area contributed by atoms with Gasteiger partial charge in [0.2, 0.25) is 9.84 Å². The van der Waals surface area contributed by atoms with E-state index in [4.69, 9.17) is 12.6 Å². The van der Waals surface area contributed by atoms with Crippen LogP contribution in [0.4, 0.5) is 0 Å². The van der Waals surface area contributed by atoms with Crippen LogP contribution in [-0.4, -0.2) is 21.0 Å². The molecule has 6 aromatic rings. The van der Waals surface area contributed by atoms with Crippen LogP contribution in [0.2, 0.25) is 0 Å². The highest BCUT2D eigenvalue weighted by molar-refractivity contribution is 7.95.